The molecular weight excluding hydrogens is 487 g/mol. The van der Waals surface area contributed by atoms with Gasteiger partial charge < -0.3 is 4.52 Å². The second kappa shape index (κ2) is 8.08. The fraction of sp³-hybridized carbons (Fsp3) is 0.0500. The molecule has 5 rings (SSSR count). The molecule has 1 N–H and O–H groups in total. The highest BCUT2D eigenvalue weighted by molar-refractivity contribution is 9.10. The smallest absolute Gasteiger partial charge is 0.269 e. The fourth-order valence-corrected chi connectivity index (χ4v) is 4.19. The van der Waals surface area contributed by atoms with Crippen molar-refractivity contribution in [3.8, 4) is 17.1 Å². The molecule has 0 fully saturated rings. The van der Waals surface area contributed by atoms with E-state index in [1.54, 1.807) is 12.1 Å². The Hall–Kier alpha value is -3.31. The summed E-state index contributed by atoms with van der Waals surface area (Å²) in [6.07, 6.45) is 1.46. The van der Waals surface area contributed by atoms with E-state index in [0.717, 1.165) is 0 Å². The van der Waals surface area contributed by atoms with Gasteiger partial charge in [0.2, 0.25) is 11.7 Å². The Bertz CT molecular complexity index is 1450. The van der Waals surface area contributed by atoms with Crippen LogP contribution in [0.1, 0.15) is 5.89 Å². The molecular formula is C20H12BrFN6O2S. The van der Waals surface area contributed by atoms with Gasteiger partial charge in [-0.15, -0.1) is 0 Å². The molecule has 2 aromatic carbocycles. The van der Waals surface area contributed by atoms with Crippen molar-refractivity contribution < 1.29 is 8.91 Å². The second-order valence-corrected chi connectivity index (χ2v) is 8.23. The van der Waals surface area contributed by atoms with Crippen molar-refractivity contribution in [2.75, 3.05) is 0 Å². The lowest BCUT2D eigenvalue weighted by Gasteiger charge is -2.10. The number of para-hydroxylation sites is 1. The lowest BCUT2D eigenvalue weighted by molar-refractivity contribution is 0.391. The van der Waals surface area contributed by atoms with Gasteiger partial charge in [-0.05, 0) is 46.3 Å². The first-order valence-electron chi connectivity index (χ1n) is 9.02. The zero-order chi connectivity index (χ0) is 21.4. The van der Waals surface area contributed by atoms with Gasteiger partial charge in [0.15, 0.2) is 10.8 Å². The van der Waals surface area contributed by atoms with Gasteiger partial charge in [0.05, 0.1) is 22.1 Å². The molecule has 3 heterocycles. The van der Waals surface area contributed by atoms with Gasteiger partial charge in [-0.2, -0.15) is 10.1 Å². The summed E-state index contributed by atoms with van der Waals surface area (Å²) in [6.45, 7) is 0. The normalized spacial score (nSPS) is 11.3. The largest absolute Gasteiger partial charge is 0.338 e. The minimum absolute atomic E-state index is 0.227. The third kappa shape index (κ3) is 3.77. The molecule has 0 bridgehead atoms. The van der Waals surface area contributed by atoms with E-state index in [4.69, 9.17) is 4.52 Å². The molecule has 5 aromatic rings. The van der Waals surface area contributed by atoms with Crippen LogP contribution in [0.3, 0.4) is 0 Å². The summed E-state index contributed by atoms with van der Waals surface area (Å²) >= 11 is 4.43. The minimum atomic E-state index is -0.373. The van der Waals surface area contributed by atoms with Gasteiger partial charge in [0.25, 0.3) is 5.56 Å². The molecule has 0 aliphatic heterocycles. The Kier molecular flexibility index (Phi) is 5.12. The van der Waals surface area contributed by atoms with Crippen molar-refractivity contribution in [2.45, 2.75) is 10.9 Å². The van der Waals surface area contributed by atoms with Crippen molar-refractivity contribution in [1.29, 1.82) is 0 Å². The first-order chi connectivity index (χ1) is 15.1. The molecule has 0 saturated heterocycles. The number of hydrogen-bond donors (Lipinski definition) is 1. The average Bonchev–Trinajstić information content (AvgIpc) is 3.45. The number of thioether (sulfide) groups is 1. The number of rotatable bonds is 5. The maximum absolute atomic E-state index is 13.5. The molecule has 0 spiro atoms. The summed E-state index contributed by atoms with van der Waals surface area (Å²) in [5.41, 5.74) is 1.48. The zero-order valence-electron chi connectivity index (χ0n) is 15.6. The predicted octanol–water partition coefficient (Wildman–Crippen LogP) is 4.35. The molecule has 0 radical (unpaired) electrons. The highest BCUT2D eigenvalue weighted by Crippen LogP contribution is 2.26. The highest BCUT2D eigenvalue weighted by Gasteiger charge is 2.17. The number of fused-ring (bicyclic) bond motifs is 1. The summed E-state index contributed by atoms with van der Waals surface area (Å²) in [4.78, 5) is 21.9. The molecule has 0 amide bonds. The number of benzene rings is 2. The van der Waals surface area contributed by atoms with Crippen molar-refractivity contribution >= 4 is 38.7 Å². The van der Waals surface area contributed by atoms with Crippen LogP contribution in [0.25, 0.3) is 28.1 Å². The minimum Gasteiger partial charge on any atom is -0.338 e. The van der Waals surface area contributed by atoms with Gasteiger partial charge >= 0.3 is 0 Å². The Morgan fingerprint density at radius 2 is 2.00 bits per heavy atom. The Labute approximate surface area is 186 Å². The molecule has 0 aliphatic rings. The number of nitrogens with zero attached hydrogens (tertiary/aromatic N) is 5. The van der Waals surface area contributed by atoms with Crippen molar-refractivity contribution in [1.82, 2.24) is 29.9 Å². The van der Waals surface area contributed by atoms with Crippen LogP contribution in [0.4, 0.5) is 4.39 Å². The Balaban J connectivity index is 1.47. The number of halogens is 2. The topological polar surface area (TPSA) is 102 Å². The Morgan fingerprint density at radius 3 is 2.81 bits per heavy atom. The van der Waals surface area contributed by atoms with E-state index in [-0.39, 0.29) is 17.1 Å². The average molecular weight is 499 g/mol. The van der Waals surface area contributed by atoms with E-state index in [9.17, 15) is 9.18 Å². The number of H-pyrrole nitrogens is 1. The van der Waals surface area contributed by atoms with E-state index >= 15 is 0 Å². The second-order valence-electron chi connectivity index (χ2n) is 6.43. The summed E-state index contributed by atoms with van der Waals surface area (Å²) < 4.78 is 20.6. The van der Waals surface area contributed by atoms with Crippen LogP contribution in [0.2, 0.25) is 0 Å². The highest BCUT2D eigenvalue weighted by atomic mass is 79.9. The lowest BCUT2D eigenvalue weighted by Crippen LogP contribution is -2.21. The van der Waals surface area contributed by atoms with E-state index in [1.807, 2.05) is 30.3 Å². The van der Waals surface area contributed by atoms with Gasteiger partial charge in [0, 0.05) is 5.56 Å². The fourth-order valence-electron chi connectivity index (χ4n) is 2.97. The number of aromatic nitrogens is 6. The molecule has 0 saturated carbocycles. The van der Waals surface area contributed by atoms with Crippen LogP contribution in [0.5, 0.6) is 0 Å². The predicted molar refractivity (Wildman–Crippen MR) is 116 cm³/mol. The van der Waals surface area contributed by atoms with Crippen LogP contribution in [0, 0.1) is 5.82 Å². The SMILES string of the molecule is O=c1c2cn[nH]c2nc(SCc2nc(-c3ccc(F)c(Br)c3)no2)n1-c1ccccc1. The third-order valence-electron chi connectivity index (χ3n) is 4.44. The molecule has 0 atom stereocenters. The molecule has 11 heteroatoms. The van der Waals surface area contributed by atoms with E-state index in [1.165, 1.54) is 28.6 Å². The number of hydrogen-bond acceptors (Lipinski definition) is 7. The van der Waals surface area contributed by atoms with Crippen LogP contribution in [-0.2, 0) is 5.75 Å². The van der Waals surface area contributed by atoms with Crippen LogP contribution in [-0.4, -0.2) is 29.9 Å². The van der Waals surface area contributed by atoms with E-state index in [0.29, 0.717) is 43.6 Å². The monoisotopic (exact) mass is 498 g/mol. The molecule has 31 heavy (non-hydrogen) atoms. The van der Waals surface area contributed by atoms with Gasteiger partial charge in [-0.25, -0.2) is 9.37 Å². The summed E-state index contributed by atoms with van der Waals surface area (Å²) in [5.74, 6) is 0.601. The van der Waals surface area contributed by atoms with Crippen molar-refractivity contribution in [3.63, 3.8) is 0 Å². The quantitative estimate of drug-likeness (QED) is 0.283. The third-order valence-corrected chi connectivity index (χ3v) is 5.97. The van der Waals surface area contributed by atoms with Crippen LogP contribution >= 0.6 is 27.7 Å². The van der Waals surface area contributed by atoms with E-state index in [2.05, 4.69) is 41.3 Å². The van der Waals surface area contributed by atoms with Gasteiger partial charge in [-0.1, -0.05) is 35.1 Å². The lowest BCUT2D eigenvalue weighted by atomic mass is 10.2. The van der Waals surface area contributed by atoms with Crippen molar-refractivity contribution in [2.24, 2.45) is 0 Å². The van der Waals surface area contributed by atoms with Crippen LogP contribution in [0.15, 0.2) is 73.7 Å². The molecule has 154 valence electrons. The molecule has 3 aromatic heterocycles. The Morgan fingerprint density at radius 1 is 1.16 bits per heavy atom. The van der Waals surface area contributed by atoms with Crippen molar-refractivity contribution in [3.05, 3.63) is 81.3 Å². The first kappa shape index (κ1) is 19.6. The molecule has 8 nitrogen and oxygen atoms in total. The molecule has 0 aliphatic carbocycles. The van der Waals surface area contributed by atoms with Gasteiger partial charge in [-0.3, -0.25) is 14.5 Å². The number of nitrogens with one attached hydrogen (secondary N) is 1. The van der Waals surface area contributed by atoms with Gasteiger partial charge in [0.1, 0.15) is 11.2 Å². The summed E-state index contributed by atoms with van der Waals surface area (Å²) in [5, 5.41) is 11.5. The number of aromatic amines is 1. The summed E-state index contributed by atoms with van der Waals surface area (Å²) in [7, 11) is 0. The zero-order valence-corrected chi connectivity index (χ0v) is 18.0. The first-order valence-corrected chi connectivity index (χ1v) is 10.8. The molecule has 0 unspecified atom stereocenters. The van der Waals surface area contributed by atoms with Crippen LogP contribution < -0.4 is 5.56 Å². The standard InChI is InChI=1S/C20H12BrFN6O2S/c21-14-8-11(6-7-15(14)22)17-24-16(30-27-17)10-31-20-25-18-13(9-23-26-18)19(29)28(20)12-4-2-1-3-5-12/h1-9H,10H2,(H,23,26). The van der Waals surface area contributed by atoms with E-state index < -0.39 is 0 Å². The maximum atomic E-state index is 13.5. The maximum Gasteiger partial charge on any atom is 0.269 e. The summed E-state index contributed by atoms with van der Waals surface area (Å²) in [6, 6.07) is 13.7.